The Morgan fingerprint density at radius 1 is 1.03 bits per heavy atom. The maximum Gasteiger partial charge on any atom is 0.127 e. The molecule has 1 unspecified atom stereocenters. The van der Waals surface area contributed by atoms with E-state index in [2.05, 4.69) is 76.9 Å². The highest BCUT2D eigenvalue weighted by molar-refractivity contribution is 5.69. The highest BCUT2D eigenvalue weighted by atomic mass is 16.5. The molecule has 0 amide bonds. The summed E-state index contributed by atoms with van der Waals surface area (Å²) in [5.41, 5.74) is 6.35. The van der Waals surface area contributed by atoms with Crippen LogP contribution in [0.5, 0.6) is 5.75 Å². The first-order valence-corrected chi connectivity index (χ1v) is 12.5. The molecule has 0 saturated carbocycles. The molecule has 170 valence electrons. The van der Waals surface area contributed by atoms with Crippen LogP contribution in [-0.2, 0) is 12.8 Å². The number of aromatic nitrogens is 1. The fraction of sp³-hybridized carbons (Fsp3) is 0.607. The first-order chi connectivity index (χ1) is 15.0. The van der Waals surface area contributed by atoms with Crippen LogP contribution in [0.1, 0.15) is 83.5 Å². The average Bonchev–Trinajstić information content (AvgIpc) is 2.76. The summed E-state index contributed by atoms with van der Waals surface area (Å²) in [6.07, 6.45) is 7.79. The van der Waals surface area contributed by atoms with Crippen LogP contribution in [0.2, 0.25) is 0 Å². The molecule has 2 heterocycles. The minimum Gasteiger partial charge on any atom is -0.493 e. The monoisotopic (exact) mass is 422 g/mol. The molecule has 3 heteroatoms. The van der Waals surface area contributed by atoms with Crippen molar-refractivity contribution < 1.29 is 4.74 Å². The normalized spacial score (nSPS) is 20.6. The van der Waals surface area contributed by atoms with Gasteiger partial charge in [-0.1, -0.05) is 59.2 Å². The number of piperidine rings is 1. The Hall–Kier alpha value is -1.87. The predicted octanol–water partition coefficient (Wildman–Crippen LogP) is 7.09. The van der Waals surface area contributed by atoms with E-state index in [-0.39, 0.29) is 0 Å². The van der Waals surface area contributed by atoms with E-state index in [1.807, 2.05) is 0 Å². The summed E-state index contributed by atoms with van der Waals surface area (Å²) in [6.45, 7) is 16.6. The van der Waals surface area contributed by atoms with Gasteiger partial charge in [0.2, 0.25) is 0 Å². The van der Waals surface area contributed by atoms with Gasteiger partial charge in [-0.3, -0.25) is 9.88 Å². The summed E-state index contributed by atoms with van der Waals surface area (Å²) >= 11 is 0. The number of nitrogens with zero attached hydrogens (tertiary/aromatic N) is 2. The summed E-state index contributed by atoms with van der Waals surface area (Å²) < 4.78 is 6.25. The number of benzene rings is 1. The summed E-state index contributed by atoms with van der Waals surface area (Å²) in [6, 6.07) is 9.24. The molecule has 0 N–H and O–H groups in total. The number of hydrogen-bond acceptors (Lipinski definition) is 3. The van der Waals surface area contributed by atoms with Gasteiger partial charge in [-0.15, -0.1) is 0 Å². The highest BCUT2D eigenvalue weighted by Crippen LogP contribution is 2.39. The Morgan fingerprint density at radius 2 is 1.68 bits per heavy atom. The molecule has 1 aromatic carbocycles. The predicted molar refractivity (Wildman–Crippen MR) is 132 cm³/mol. The quantitative estimate of drug-likeness (QED) is 0.431. The summed E-state index contributed by atoms with van der Waals surface area (Å²) in [5.74, 6) is 2.51. The first-order valence-electron chi connectivity index (χ1n) is 12.5. The average molecular weight is 423 g/mol. The molecular weight excluding hydrogens is 380 g/mol. The second kappa shape index (κ2) is 11.1. The fourth-order valence-corrected chi connectivity index (χ4v) is 5.46. The zero-order valence-corrected chi connectivity index (χ0v) is 20.6. The number of rotatable bonds is 9. The molecule has 1 fully saturated rings. The third-order valence-electron chi connectivity index (χ3n) is 6.71. The summed E-state index contributed by atoms with van der Waals surface area (Å²) in [5, 5.41) is 0. The van der Waals surface area contributed by atoms with Crippen LogP contribution in [0.25, 0.3) is 11.3 Å². The topological polar surface area (TPSA) is 25.4 Å². The van der Waals surface area contributed by atoms with Gasteiger partial charge in [0, 0.05) is 42.5 Å². The Bertz CT molecular complexity index is 815. The second-order valence-corrected chi connectivity index (χ2v) is 9.40. The van der Waals surface area contributed by atoms with Gasteiger partial charge >= 0.3 is 0 Å². The van der Waals surface area contributed by atoms with Crippen LogP contribution >= 0.6 is 0 Å². The highest BCUT2D eigenvalue weighted by Gasteiger charge is 2.30. The van der Waals surface area contributed by atoms with Crippen molar-refractivity contribution in [1.82, 2.24) is 9.88 Å². The van der Waals surface area contributed by atoms with E-state index in [0.717, 1.165) is 49.0 Å². The van der Waals surface area contributed by atoms with Gasteiger partial charge < -0.3 is 4.74 Å². The van der Waals surface area contributed by atoms with E-state index in [9.17, 15) is 0 Å². The van der Waals surface area contributed by atoms with Gasteiger partial charge in [-0.2, -0.15) is 0 Å². The minimum absolute atomic E-state index is 0.380. The van der Waals surface area contributed by atoms with Crippen molar-refractivity contribution in [3.63, 3.8) is 0 Å². The first kappa shape index (κ1) is 23.8. The molecule has 2 aromatic rings. The summed E-state index contributed by atoms with van der Waals surface area (Å²) in [7, 11) is 0. The van der Waals surface area contributed by atoms with Crippen molar-refractivity contribution in [2.24, 2.45) is 11.8 Å². The Kier molecular flexibility index (Phi) is 8.54. The zero-order chi connectivity index (χ0) is 22.4. The van der Waals surface area contributed by atoms with E-state index in [1.54, 1.807) is 0 Å². The Balaban J connectivity index is 2.06. The number of likely N-dealkylation sites (tertiary alicyclic amines) is 1. The standard InChI is InChI=1S/C28H42N2O/c1-7-12-26(30-18-20(5)15-21(6)19-30)24-17-29-25(16-27(24)31-10-4)28-22(8-2)13-11-14-23(28)9-3/h11,13-14,16-17,20-21,26H,7-10,12,15,18-19H2,1-6H3/t20-,21+,26?. The molecule has 3 nitrogen and oxygen atoms in total. The molecular formula is C28H42N2O. The third kappa shape index (κ3) is 5.49. The Labute approximate surface area is 190 Å². The number of hydrogen-bond donors (Lipinski definition) is 0. The van der Waals surface area contributed by atoms with E-state index in [0.29, 0.717) is 12.6 Å². The van der Waals surface area contributed by atoms with E-state index in [4.69, 9.17) is 9.72 Å². The second-order valence-electron chi connectivity index (χ2n) is 9.40. The lowest BCUT2D eigenvalue weighted by molar-refractivity contribution is 0.0882. The van der Waals surface area contributed by atoms with Gasteiger partial charge in [0.1, 0.15) is 5.75 Å². The maximum absolute atomic E-state index is 6.25. The van der Waals surface area contributed by atoms with Crippen LogP contribution in [-0.4, -0.2) is 29.6 Å². The third-order valence-corrected chi connectivity index (χ3v) is 6.71. The lowest BCUT2D eigenvalue weighted by Crippen LogP contribution is -2.41. The SMILES string of the molecule is CCCC(c1cnc(-c2c(CC)cccc2CC)cc1OCC)N1C[C@H](C)C[C@H](C)C1. The zero-order valence-electron chi connectivity index (χ0n) is 20.6. The van der Waals surface area contributed by atoms with Crippen molar-refractivity contribution in [2.75, 3.05) is 19.7 Å². The molecule has 1 aliphatic rings. The number of aryl methyl sites for hydroxylation is 2. The molecule has 0 aliphatic carbocycles. The largest absolute Gasteiger partial charge is 0.493 e. The molecule has 1 aromatic heterocycles. The lowest BCUT2D eigenvalue weighted by Gasteiger charge is -2.40. The maximum atomic E-state index is 6.25. The summed E-state index contributed by atoms with van der Waals surface area (Å²) in [4.78, 5) is 7.73. The van der Waals surface area contributed by atoms with Gasteiger partial charge in [-0.25, -0.2) is 0 Å². The number of ether oxygens (including phenoxy) is 1. The van der Waals surface area contributed by atoms with E-state index < -0.39 is 0 Å². The van der Waals surface area contributed by atoms with Crippen LogP contribution in [0, 0.1) is 11.8 Å². The minimum atomic E-state index is 0.380. The molecule has 0 bridgehead atoms. The van der Waals surface area contributed by atoms with Crippen molar-refractivity contribution in [1.29, 1.82) is 0 Å². The van der Waals surface area contributed by atoms with Crippen LogP contribution < -0.4 is 4.74 Å². The van der Waals surface area contributed by atoms with Gasteiger partial charge in [0.15, 0.2) is 0 Å². The van der Waals surface area contributed by atoms with E-state index in [1.165, 1.54) is 41.8 Å². The van der Waals surface area contributed by atoms with Gasteiger partial charge in [0.05, 0.1) is 12.3 Å². The van der Waals surface area contributed by atoms with Crippen LogP contribution in [0.3, 0.4) is 0 Å². The van der Waals surface area contributed by atoms with Crippen molar-refractivity contribution in [2.45, 2.75) is 79.7 Å². The van der Waals surface area contributed by atoms with Gasteiger partial charge in [-0.05, 0) is 55.6 Å². The molecule has 1 saturated heterocycles. The number of pyridine rings is 1. The van der Waals surface area contributed by atoms with Crippen molar-refractivity contribution in [3.8, 4) is 17.0 Å². The van der Waals surface area contributed by atoms with Crippen molar-refractivity contribution >= 4 is 0 Å². The van der Waals surface area contributed by atoms with Crippen LogP contribution in [0.15, 0.2) is 30.5 Å². The molecule has 3 rings (SSSR count). The lowest BCUT2D eigenvalue weighted by atomic mass is 9.88. The smallest absolute Gasteiger partial charge is 0.127 e. The molecule has 0 spiro atoms. The Morgan fingerprint density at radius 3 is 2.23 bits per heavy atom. The fourth-order valence-electron chi connectivity index (χ4n) is 5.46. The van der Waals surface area contributed by atoms with E-state index >= 15 is 0 Å². The molecule has 31 heavy (non-hydrogen) atoms. The van der Waals surface area contributed by atoms with Gasteiger partial charge in [0.25, 0.3) is 0 Å². The molecule has 0 radical (unpaired) electrons. The van der Waals surface area contributed by atoms with Crippen LogP contribution in [0.4, 0.5) is 0 Å². The van der Waals surface area contributed by atoms with Crippen molar-refractivity contribution in [3.05, 3.63) is 47.2 Å². The molecule has 1 aliphatic heterocycles. The molecule has 3 atom stereocenters.